The average molecular weight is 266 g/mol. The van der Waals surface area contributed by atoms with Gasteiger partial charge < -0.3 is 11.1 Å². The first-order valence-electron chi connectivity index (χ1n) is 7.11. The van der Waals surface area contributed by atoms with Gasteiger partial charge in [0.25, 0.3) is 0 Å². The van der Waals surface area contributed by atoms with Gasteiger partial charge in [0.2, 0.25) is 5.91 Å². The first-order valence-corrected chi connectivity index (χ1v) is 7.11. The van der Waals surface area contributed by atoms with E-state index in [1.807, 2.05) is 71.9 Å². The number of carbonyl (C=O) groups excluding carboxylic acids is 1. The van der Waals surface area contributed by atoms with Crippen molar-refractivity contribution in [2.45, 2.75) is 59.9 Å². The molecular formula is C16H30N2O. The molecule has 1 aliphatic rings. The van der Waals surface area contributed by atoms with Crippen LogP contribution in [0.3, 0.4) is 0 Å². The third kappa shape index (κ3) is 11.3. The molecular weight excluding hydrogens is 236 g/mol. The minimum atomic E-state index is 0.0666. The minimum absolute atomic E-state index is 0.0666. The second-order valence-corrected chi connectivity index (χ2v) is 4.34. The standard InChI is InChI=1S/C6H11NO.C6H7N.2C2H6/c1-6(2)4-3-5(8)7-6;7-6-4-2-1-3-5-6;2*1-2/h3-4H2,1-2H3,(H,7,8);1-5H,7H2;2*1-2H3. The zero-order chi connectivity index (χ0) is 15.3. The molecule has 1 aromatic rings. The number of hydrogen-bond acceptors (Lipinski definition) is 2. The molecule has 110 valence electrons. The number of nitrogens with one attached hydrogen (secondary N) is 1. The van der Waals surface area contributed by atoms with E-state index >= 15 is 0 Å². The van der Waals surface area contributed by atoms with E-state index in [2.05, 4.69) is 5.32 Å². The molecule has 0 unspecified atom stereocenters. The number of nitrogen functional groups attached to an aromatic ring is 1. The maximum absolute atomic E-state index is 10.5. The largest absolute Gasteiger partial charge is 0.399 e. The first-order chi connectivity index (χ1) is 8.99. The second-order valence-electron chi connectivity index (χ2n) is 4.34. The smallest absolute Gasteiger partial charge is 0.220 e. The number of hydrogen-bond donors (Lipinski definition) is 2. The first kappa shape index (κ1) is 19.8. The summed E-state index contributed by atoms with van der Waals surface area (Å²) in [5.41, 5.74) is 6.25. The predicted molar refractivity (Wildman–Crippen MR) is 85.0 cm³/mol. The van der Waals surface area contributed by atoms with Crippen LogP contribution < -0.4 is 11.1 Å². The van der Waals surface area contributed by atoms with Gasteiger partial charge in [-0.3, -0.25) is 4.79 Å². The van der Waals surface area contributed by atoms with Crippen molar-refractivity contribution in [3.63, 3.8) is 0 Å². The van der Waals surface area contributed by atoms with Gasteiger partial charge in [0.15, 0.2) is 0 Å². The molecule has 1 fully saturated rings. The fraction of sp³-hybridized carbons (Fsp3) is 0.562. The number of carbonyl (C=O) groups is 1. The lowest BCUT2D eigenvalue weighted by Gasteiger charge is -2.15. The topological polar surface area (TPSA) is 55.1 Å². The monoisotopic (exact) mass is 266 g/mol. The Labute approximate surface area is 118 Å². The number of para-hydroxylation sites is 1. The minimum Gasteiger partial charge on any atom is -0.399 e. The van der Waals surface area contributed by atoms with Gasteiger partial charge >= 0.3 is 0 Å². The van der Waals surface area contributed by atoms with E-state index in [0.717, 1.165) is 12.1 Å². The molecule has 0 bridgehead atoms. The van der Waals surface area contributed by atoms with E-state index in [4.69, 9.17) is 5.73 Å². The van der Waals surface area contributed by atoms with Crippen molar-refractivity contribution in [1.29, 1.82) is 0 Å². The van der Waals surface area contributed by atoms with E-state index in [9.17, 15) is 4.79 Å². The number of nitrogens with two attached hydrogens (primary N) is 1. The third-order valence-corrected chi connectivity index (χ3v) is 2.25. The highest BCUT2D eigenvalue weighted by molar-refractivity contribution is 5.79. The van der Waals surface area contributed by atoms with Crippen LogP contribution in [0.5, 0.6) is 0 Å². The lowest BCUT2D eigenvalue weighted by Crippen LogP contribution is -2.34. The molecule has 1 aliphatic heterocycles. The van der Waals surface area contributed by atoms with Crippen LogP contribution in [0, 0.1) is 0 Å². The third-order valence-electron chi connectivity index (χ3n) is 2.25. The molecule has 1 amide bonds. The fourth-order valence-electron chi connectivity index (χ4n) is 1.38. The Hall–Kier alpha value is -1.51. The predicted octanol–water partition coefficient (Wildman–Crippen LogP) is 4.00. The summed E-state index contributed by atoms with van der Waals surface area (Å²) in [6.07, 6.45) is 1.68. The van der Waals surface area contributed by atoms with Crippen LogP contribution in [0.1, 0.15) is 54.4 Å². The molecule has 1 heterocycles. The van der Waals surface area contributed by atoms with Crippen molar-refractivity contribution in [1.82, 2.24) is 5.32 Å². The molecule has 0 spiro atoms. The average Bonchev–Trinajstić information content (AvgIpc) is 2.74. The van der Waals surface area contributed by atoms with Gasteiger partial charge in [0.05, 0.1) is 0 Å². The molecule has 3 heteroatoms. The van der Waals surface area contributed by atoms with Crippen molar-refractivity contribution in [2.75, 3.05) is 5.73 Å². The quantitative estimate of drug-likeness (QED) is 0.697. The summed E-state index contributed by atoms with van der Waals surface area (Å²) in [4.78, 5) is 10.5. The molecule has 1 aromatic carbocycles. The summed E-state index contributed by atoms with van der Waals surface area (Å²) in [6.45, 7) is 12.1. The normalized spacial score (nSPS) is 14.5. The van der Waals surface area contributed by atoms with E-state index in [1.165, 1.54) is 0 Å². The van der Waals surface area contributed by atoms with E-state index in [1.54, 1.807) is 0 Å². The molecule has 3 N–H and O–H groups in total. The Balaban J connectivity index is 0. The van der Waals surface area contributed by atoms with E-state index in [0.29, 0.717) is 6.42 Å². The van der Waals surface area contributed by atoms with Gasteiger partial charge in [-0.25, -0.2) is 0 Å². The highest BCUT2D eigenvalue weighted by Crippen LogP contribution is 2.17. The summed E-state index contributed by atoms with van der Waals surface area (Å²) >= 11 is 0. The highest BCUT2D eigenvalue weighted by Gasteiger charge is 2.27. The Morgan fingerprint density at radius 2 is 1.53 bits per heavy atom. The molecule has 0 atom stereocenters. The Morgan fingerprint density at radius 3 is 1.68 bits per heavy atom. The Kier molecular flexibility index (Phi) is 12.1. The summed E-state index contributed by atoms with van der Waals surface area (Å²) in [5, 5.41) is 2.85. The van der Waals surface area contributed by atoms with Gasteiger partial charge in [-0.1, -0.05) is 45.9 Å². The van der Waals surface area contributed by atoms with Crippen LogP contribution in [-0.2, 0) is 4.79 Å². The SMILES string of the molecule is CC.CC.CC1(C)CCC(=O)N1.Nc1ccccc1. The van der Waals surface area contributed by atoms with Crippen LogP contribution >= 0.6 is 0 Å². The molecule has 0 aromatic heterocycles. The van der Waals surface area contributed by atoms with Crippen molar-refractivity contribution in [3.05, 3.63) is 30.3 Å². The number of amides is 1. The highest BCUT2D eigenvalue weighted by atomic mass is 16.2. The maximum Gasteiger partial charge on any atom is 0.220 e. The number of benzene rings is 1. The van der Waals surface area contributed by atoms with Crippen molar-refractivity contribution in [2.24, 2.45) is 0 Å². The lowest BCUT2D eigenvalue weighted by atomic mass is 10.0. The second kappa shape index (κ2) is 11.6. The number of rotatable bonds is 0. The van der Waals surface area contributed by atoms with Crippen molar-refractivity contribution >= 4 is 11.6 Å². The Morgan fingerprint density at radius 1 is 1.05 bits per heavy atom. The van der Waals surface area contributed by atoms with Crippen LogP contribution in [0.15, 0.2) is 30.3 Å². The Bertz CT molecular complexity index is 321. The molecule has 3 nitrogen and oxygen atoms in total. The van der Waals surface area contributed by atoms with Crippen LogP contribution in [-0.4, -0.2) is 11.4 Å². The van der Waals surface area contributed by atoms with Gasteiger partial charge in [-0.15, -0.1) is 0 Å². The maximum atomic E-state index is 10.5. The lowest BCUT2D eigenvalue weighted by molar-refractivity contribution is -0.119. The fourth-order valence-corrected chi connectivity index (χ4v) is 1.38. The van der Waals surface area contributed by atoms with Gasteiger partial charge in [-0.2, -0.15) is 0 Å². The molecule has 0 saturated carbocycles. The van der Waals surface area contributed by atoms with Crippen LogP contribution in [0.25, 0.3) is 0 Å². The summed E-state index contributed by atoms with van der Waals surface area (Å²) in [7, 11) is 0. The molecule has 19 heavy (non-hydrogen) atoms. The zero-order valence-electron chi connectivity index (χ0n) is 13.3. The summed E-state index contributed by atoms with van der Waals surface area (Å²) < 4.78 is 0. The van der Waals surface area contributed by atoms with E-state index < -0.39 is 0 Å². The zero-order valence-corrected chi connectivity index (χ0v) is 13.3. The van der Waals surface area contributed by atoms with Crippen LogP contribution in [0.2, 0.25) is 0 Å². The molecule has 1 saturated heterocycles. The van der Waals surface area contributed by atoms with Crippen LogP contribution in [0.4, 0.5) is 5.69 Å². The van der Waals surface area contributed by atoms with Crippen molar-refractivity contribution < 1.29 is 4.79 Å². The molecule has 2 rings (SSSR count). The van der Waals surface area contributed by atoms with Gasteiger partial charge in [0.1, 0.15) is 0 Å². The summed E-state index contributed by atoms with van der Waals surface area (Å²) in [5.74, 6) is 0.190. The number of anilines is 1. The van der Waals surface area contributed by atoms with Crippen molar-refractivity contribution in [3.8, 4) is 0 Å². The van der Waals surface area contributed by atoms with E-state index in [-0.39, 0.29) is 11.4 Å². The summed E-state index contributed by atoms with van der Waals surface area (Å²) in [6, 6.07) is 9.49. The van der Waals surface area contributed by atoms with Gasteiger partial charge in [-0.05, 0) is 32.4 Å². The molecule has 0 aliphatic carbocycles. The molecule has 0 radical (unpaired) electrons. The van der Waals surface area contributed by atoms with Gasteiger partial charge in [0, 0.05) is 17.6 Å².